The van der Waals surface area contributed by atoms with Crippen molar-refractivity contribution in [1.29, 1.82) is 0 Å². The van der Waals surface area contributed by atoms with Gasteiger partial charge in [0.15, 0.2) is 0 Å². The summed E-state index contributed by atoms with van der Waals surface area (Å²) in [5, 5.41) is 9.44. The average Bonchev–Trinajstić information content (AvgIpc) is 3.00. The van der Waals surface area contributed by atoms with Crippen LogP contribution in [0.3, 0.4) is 0 Å². The Morgan fingerprint density at radius 1 is 1.37 bits per heavy atom. The lowest BCUT2D eigenvalue weighted by atomic mass is 10.1. The number of β-amino-alcohol motifs (C(OH)–C–C–N with tert-alkyl or cyclic N) is 1. The third-order valence-electron chi connectivity index (χ3n) is 3.29. The second kappa shape index (κ2) is 5.15. The van der Waals surface area contributed by atoms with E-state index in [1.165, 1.54) is 16.0 Å². The van der Waals surface area contributed by atoms with Crippen LogP contribution in [0.1, 0.15) is 11.3 Å². The van der Waals surface area contributed by atoms with Crippen LogP contribution in [0.25, 0.3) is 10.4 Å². The molecule has 0 aliphatic carbocycles. The van der Waals surface area contributed by atoms with E-state index in [0.717, 1.165) is 12.2 Å². The van der Waals surface area contributed by atoms with Gasteiger partial charge in [0, 0.05) is 13.1 Å². The molecule has 2 heterocycles. The molecule has 3 nitrogen and oxygen atoms in total. The summed E-state index contributed by atoms with van der Waals surface area (Å²) in [4.78, 5) is 7.64. The molecule has 4 heteroatoms. The molecule has 0 spiro atoms. The van der Waals surface area contributed by atoms with Gasteiger partial charge in [-0.05, 0) is 30.3 Å². The van der Waals surface area contributed by atoms with E-state index >= 15 is 0 Å². The van der Waals surface area contributed by atoms with Crippen LogP contribution < -0.4 is 0 Å². The Hall–Kier alpha value is -1.65. The summed E-state index contributed by atoms with van der Waals surface area (Å²) in [6, 6.07) is 8.58. The number of thiazole rings is 1. The molecule has 0 bridgehead atoms. The fourth-order valence-corrected chi connectivity index (χ4v) is 3.09. The molecule has 2 aromatic rings. The summed E-state index contributed by atoms with van der Waals surface area (Å²) in [6.07, 6.45) is 3.47. The van der Waals surface area contributed by atoms with Gasteiger partial charge in [-0.2, -0.15) is 0 Å². The van der Waals surface area contributed by atoms with Gasteiger partial charge in [-0.25, -0.2) is 4.98 Å². The van der Waals surface area contributed by atoms with Crippen molar-refractivity contribution in [2.45, 2.75) is 19.6 Å². The molecule has 1 aliphatic rings. The van der Waals surface area contributed by atoms with E-state index in [-0.39, 0.29) is 6.10 Å². The van der Waals surface area contributed by atoms with E-state index in [4.69, 9.17) is 0 Å². The molecular weight excluding hydrogens is 256 g/mol. The summed E-state index contributed by atoms with van der Waals surface area (Å²) in [6.45, 7) is 3.57. The summed E-state index contributed by atoms with van der Waals surface area (Å²) >= 11 is 1.68. The van der Waals surface area contributed by atoms with E-state index in [1.54, 1.807) is 11.3 Å². The first kappa shape index (κ1) is 12.4. The van der Waals surface area contributed by atoms with E-state index in [2.05, 4.69) is 34.1 Å². The highest BCUT2D eigenvalue weighted by atomic mass is 32.1. The number of hydrogen-bond donors (Lipinski definition) is 1. The molecule has 1 N–H and O–H groups in total. The van der Waals surface area contributed by atoms with E-state index in [1.807, 2.05) is 24.7 Å². The molecule has 0 amide bonds. The minimum absolute atomic E-state index is 0.320. The van der Waals surface area contributed by atoms with Crippen LogP contribution in [0.4, 0.5) is 0 Å². The number of hydrogen-bond acceptors (Lipinski definition) is 4. The maximum Gasteiger partial charge on any atom is 0.0912 e. The molecule has 0 fully saturated rings. The third kappa shape index (κ3) is 2.69. The lowest BCUT2D eigenvalue weighted by molar-refractivity contribution is 0.194. The molecular formula is C15H16N2OS. The Balaban J connectivity index is 1.73. The van der Waals surface area contributed by atoms with E-state index < -0.39 is 0 Å². The molecule has 1 unspecified atom stereocenters. The summed E-state index contributed by atoms with van der Waals surface area (Å²) in [7, 11) is 0. The number of nitrogens with zero attached hydrogens (tertiary/aromatic N) is 2. The molecule has 1 aliphatic heterocycles. The molecule has 0 saturated carbocycles. The number of aliphatic hydroxyl groups excluding tert-OH is 1. The first-order valence-corrected chi connectivity index (χ1v) is 7.20. The van der Waals surface area contributed by atoms with Gasteiger partial charge in [0.2, 0.25) is 0 Å². The van der Waals surface area contributed by atoms with Gasteiger partial charge in [-0.15, -0.1) is 11.3 Å². The molecule has 98 valence electrons. The van der Waals surface area contributed by atoms with Gasteiger partial charge in [0.1, 0.15) is 0 Å². The number of aromatic nitrogens is 1. The largest absolute Gasteiger partial charge is 0.387 e. The van der Waals surface area contributed by atoms with Gasteiger partial charge >= 0.3 is 0 Å². The van der Waals surface area contributed by atoms with Gasteiger partial charge in [0.25, 0.3) is 0 Å². The summed E-state index contributed by atoms with van der Waals surface area (Å²) in [5.41, 5.74) is 5.45. The van der Waals surface area contributed by atoms with Crippen molar-refractivity contribution in [3.8, 4) is 10.4 Å². The third-order valence-corrected chi connectivity index (χ3v) is 4.27. The van der Waals surface area contributed by atoms with Crippen molar-refractivity contribution in [3.05, 3.63) is 53.3 Å². The van der Waals surface area contributed by atoms with Crippen LogP contribution in [0.15, 0.2) is 42.1 Å². The molecule has 1 aromatic carbocycles. The van der Waals surface area contributed by atoms with Gasteiger partial charge < -0.3 is 10.0 Å². The Morgan fingerprint density at radius 3 is 2.74 bits per heavy atom. The number of rotatable bonds is 3. The quantitative estimate of drug-likeness (QED) is 0.933. The van der Waals surface area contributed by atoms with Gasteiger partial charge in [-0.1, -0.05) is 24.3 Å². The molecule has 0 saturated heterocycles. The Labute approximate surface area is 116 Å². The molecule has 3 rings (SSSR count). The van der Waals surface area contributed by atoms with Gasteiger partial charge in [0.05, 0.1) is 22.2 Å². The summed E-state index contributed by atoms with van der Waals surface area (Å²) in [5.74, 6) is 0. The second-order valence-electron chi connectivity index (χ2n) is 4.80. The Kier molecular flexibility index (Phi) is 3.36. The van der Waals surface area contributed by atoms with Gasteiger partial charge in [-0.3, -0.25) is 0 Å². The summed E-state index contributed by atoms with van der Waals surface area (Å²) < 4.78 is 0. The molecule has 1 aromatic heterocycles. The van der Waals surface area contributed by atoms with Crippen LogP contribution in [-0.4, -0.2) is 27.6 Å². The first-order valence-electron chi connectivity index (χ1n) is 6.32. The maximum atomic E-state index is 9.44. The Morgan fingerprint density at radius 2 is 2.16 bits per heavy atom. The van der Waals surface area contributed by atoms with Crippen molar-refractivity contribution in [3.63, 3.8) is 0 Å². The highest BCUT2D eigenvalue weighted by molar-refractivity contribution is 7.13. The lowest BCUT2D eigenvalue weighted by Crippen LogP contribution is -2.20. The predicted molar refractivity (Wildman–Crippen MR) is 77.8 cm³/mol. The average molecular weight is 272 g/mol. The number of aryl methyl sites for hydroxylation is 1. The smallest absolute Gasteiger partial charge is 0.0912 e. The predicted octanol–water partition coefficient (Wildman–Crippen LogP) is 2.81. The van der Waals surface area contributed by atoms with Crippen LogP contribution >= 0.6 is 11.3 Å². The maximum absolute atomic E-state index is 9.44. The highest BCUT2D eigenvalue weighted by Gasteiger charge is 2.13. The molecule has 19 heavy (non-hydrogen) atoms. The highest BCUT2D eigenvalue weighted by Crippen LogP contribution is 2.27. The number of benzene rings is 1. The zero-order valence-corrected chi connectivity index (χ0v) is 11.6. The van der Waals surface area contributed by atoms with Crippen molar-refractivity contribution in [2.75, 3.05) is 6.54 Å². The van der Waals surface area contributed by atoms with Crippen LogP contribution in [-0.2, 0) is 6.54 Å². The fraction of sp³-hybridized carbons (Fsp3) is 0.267. The zero-order valence-electron chi connectivity index (χ0n) is 10.8. The van der Waals surface area contributed by atoms with Crippen molar-refractivity contribution in [1.82, 2.24) is 9.88 Å². The topological polar surface area (TPSA) is 36.4 Å². The SMILES string of the molecule is Cc1ncsc1-c1ccc(CN2C=CC(O)C2)cc1. The van der Waals surface area contributed by atoms with Crippen LogP contribution in [0.2, 0.25) is 0 Å². The van der Waals surface area contributed by atoms with Crippen LogP contribution in [0.5, 0.6) is 0 Å². The first-order chi connectivity index (χ1) is 9.22. The normalized spacial score (nSPS) is 18.2. The zero-order chi connectivity index (χ0) is 13.2. The van der Waals surface area contributed by atoms with Crippen molar-refractivity contribution < 1.29 is 5.11 Å². The minimum atomic E-state index is -0.320. The van der Waals surface area contributed by atoms with Crippen molar-refractivity contribution in [2.24, 2.45) is 0 Å². The lowest BCUT2D eigenvalue weighted by Gasteiger charge is -2.16. The molecule has 1 atom stereocenters. The Bertz CT molecular complexity index is 588. The minimum Gasteiger partial charge on any atom is -0.387 e. The standard InChI is InChI=1S/C15H16N2OS/c1-11-15(19-10-16-11)13-4-2-12(3-5-13)8-17-7-6-14(18)9-17/h2-7,10,14,18H,8-9H2,1H3. The number of aliphatic hydroxyl groups is 1. The van der Waals surface area contributed by atoms with Crippen LogP contribution in [0, 0.1) is 6.92 Å². The molecule has 0 radical (unpaired) electrons. The van der Waals surface area contributed by atoms with E-state index in [0.29, 0.717) is 6.54 Å². The fourth-order valence-electron chi connectivity index (χ4n) is 2.28. The monoisotopic (exact) mass is 272 g/mol. The van der Waals surface area contributed by atoms with E-state index in [9.17, 15) is 5.11 Å². The van der Waals surface area contributed by atoms with Crippen molar-refractivity contribution >= 4 is 11.3 Å². The second-order valence-corrected chi connectivity index (χ2v) is 5.66.